The zero-order chi connectivity index (χ0) is 14.5. The number of methoxy groups -OCH3 is 2. The van der Waals surface area contributed by atoms with Crippen molar-refractivity contribution in [3.05, 3.63) is 58.6 Å². The van der Waals surface area contributed by atoms with Crippen LogP contribution < -0.4 is 9.47 Å². The SMILES string of the molecule is COc1cccc(CC(O)c2ccc(Cl)cc2OC)c1. The molecular formula is C16H17ClO3. The van der Waals surface area contributed by atoms with E-state index in [2.05, 4.69) is 0 Å². The second-order valence-corrected chi connectivity index (χ2v) is 4.89. The molecule has 4 heteroatoms. The highest BCUT2D eigenvalue weighted by molar-refractivity contribution is 6.30. The Balaban J connectivity index is 2.21. The van der Waals surface area contributed by atoms with Crippen molar-refractivity contribution < 1.29 is 14.6 Å². The van der Waals surface area contributed by atoms with E-state index in [9.17, 15) is 5.11 Å². The second-order valence-electron chi connectivity index (χ2n) is 4.46. The van der Waals surface area contributed by atoms with Gasteiger partial charge in [-0.15, -0.1) is 0 Å². The lowest BCUT2D eigenvalue weighted by molar-refractivity contribution is 0.174. The molecule has 3 nitrogen and oxygen atoms in total. The molecule has 106 valence electrons. The van der Waals surface area contributed by atoms with Gasteiger partial charge in [-0.05, 0) is 29.8 Å². The lowest BCUT2D eigenvalue weighted by atomic mass is 10.0. The van der Waals surface area contributed by atoms with Gasteiger partial charge in [-0.3, -0.25) is 0 Å². The van der Waals surface area contributed by atoms with Crippen LogP contribution in [0, 0.1) is 0 Å². The minimum absolute atomic E-state index is 0.481. The summed E-state index contributed by atoms with van der Waals surface area (Å²) < 4.78 is 10.4. The van der Waals surface area contributed by atoms with E-state index in [1.807, 2.05) is 24.3 Å². The summed E-state index contributed by atoms with van der Waals surface area (Å²) in [5.74, 6) is 1.37. The summed E-state index contributed by atoms with van der Waals surface area (Å²) in [5, 5.41) is 11.0. The minimum atomic E-state index is -0.658. The number of hydrogen-bond acceptors (Lipinski definition) is 3. The molecule has 1 N–H and O–H groups in total. The molecular weight excluding hydrogens is 276 g/mol. The summed E-state index contributed by atoms with van der Waals surface area (Å²) in [6, 6.07) is 12.9. The number of hydrogen-bond donors (Lipinski definition) is 1. The Morgan fingerprint density at radius 3 is 2.60 bits per heavy atom. The van der Waals surface area contributed by atoms with Gasteiger partial charge >= 0.3 is 0 Å². The van der Waals surface area contributed by atoms with Gasteiger partial charge in [-0.2, -0.15) is 0 Å². The molecule has 2 aromatic carbocycles. The number of aliphatic hydroxyl groups is 1. The first-order valence-electron chi connectivity index (χ1n) is 6.28. The molecule has 1 atom stereocenters. The van der Waals surface area contributed by atoms with E-state index in [1.54, 1.807) is 32.4 Å². The zero-order valence-electron chi connectivity index (χ0n) is 11.5. The zero-order valence-corrected chi connectivity index (χ0v) is 12.2. The molecule has 0 saturated heterocycles. The molecule has 0 amide bonds. The smallest absolute Gasteiger partial charge is 0.126 e. The summed E-state index contributed by atoms with van der Waals surface area (Å²) in [5.41, 5.74) is 1.72. The maximum absolute atomic E-state index is 10.4. The van der Waals surface area contributed by atoms with Crippen LogP contribution in [0.5, 0.6) is 11.5 Å². The van der Waals surface area contributed by atoms with Crippen molar-refractivity contribution in [2.24, 2.45) is 0 Å². The Bertz CT molecular complexity index is 584. The van der Waals surface area contributed by atoms with Gasteiger partial charge in [0.05, 0.1) is 20.3 Å². The number of ether oxygens (including phenoxy) is 2. The Morgan fingerprint density at radius 2 is 1.90 bits per heavy atom. The fraction of sp³-hybridized carbons (Fsp3) is 0.250. The Labute approximate surface area is 123 Å². The third kappa shape index (κ3) is 3.44. The quantitative estimate of drug-likeness (QED) is 0.914. The van der Waals surface area contributed by atoms with Gasteiger partial charge in [0, 0.05) is 17.0 Å². The first-order valence-corrected chi connectivity index (χ1v) is 6.66. The Kier molecular flexibility index (Phi) is 4.88. The van der Waals surface area contributed by atoms with E-state index in [1.165, 1.54) is 0 Å². The van der Waals surface area contributed by atoms with Crippen LogP contribution in [-0.4, -0.2) is 19.3 Å². The molecule has 0 aliphatic heterocycles. The largest absolute Gasteiger partial charge is 0.497 e. The lowest BCUT2D eigenvalue weighted by Gasteiger charge is -2.15. The number of rotatable bonds is 5. The predicted molar refractivity (Wildman–Crippen MR) is 79.7 cm³/mol. The first kappa shape index (κ1) is 14.7. The van der Waals surface area contributed by atoms with Gasteiger partial charge in [0.1, 0.15) is 11.5 Å². The summed E-state index contributed by atoms with van der Waals surface area (Å²) in [6.07, 6.45) is -0.177. The van der Waals surface area contributed by atoms with Gasteiger partial charge in [0.25, 0.3) is 0 Å². The molecule has 0 aliphatic rings. The van der Waals surface area contributed by atoms with E-state index >= 15 is 0 Å². The van der Waals surface area contributed by atoms with Crippen molar-refractivity contribution >= 4 is 11.6 Å². The molecule has 2 aromatic rings. The lowest BCUT2D eigenvalue weighted by Crippen LogP contribution is -2.04. The average Bonchev–Trinajstić information content (AvgIpc) is 2.47. The highest BCUT2D eigenvalue weighted by Crippen LogP contribution is 2.30. The number of benzene rings is 2. The summed E-state index contributed by atoms with van der Waals surface area (Å²) >= 11 is 5.92. The summed E-state index contributed by atoms with van der Waals surface area (Å²) in [6.45, 7) is 0. The second kappa shape index (κ2) is 6.64. The third-order valence-electron chi connectivity index (χ3n) is 3.12. The molecule has 0 radical (unpaired) electrons. The molecule has 0 spiro atoms. The van der Waals surface area contributed by atoms with Crippen LogP contribution in [0.15, 0.2) is 42.5 Å². The Morgan fingerprint density at radius 1 is 1.10 bits per heavy atom. The van der Waals surface area contributed by atoms with E-state index in [4.69, 9.17) is 21.1 Å². The standard InChI is InChI=1S/C16H17ClO3/c1-19-13-5-3-4-11(8-13)9-15(18)14-7-6-12(17)10-16(14)20-2/h3-8,10,15,18H,9H2,1-2H3. The highest BCUT2D eigenvalue weighted by Gasteiger charge is 2.14. The predicted octanol–water partition coefficient (Wildman–Crippen LogP) is 3.63. The molecule has 0 saturated carbocycles. The number of aliphatic hydroxyl groups excluding tert-OH is 1. The molecule has 20 heavy (non-hydrogen) atoms. The molecule has 2 rings (SSSR count). The highest BCUT2D eigenvalue weighted by atomic mass is 35.5. The fourth-order valence-corrected chi connectivity index (χ4v) is 2.26. The van der Waals surface area contributed by atoms with Crippen molar-refractivity contribution in [3.63, 3.8) is 0 Å². The van der Waals surface area contributed by atoms with E-state index < -0.39 is 6.10 Å². The first-order chi connectivity index (χ1) is 9.63. The van der Waals surface area contributed by atoms with Crippen LogP contribution in [0.2, 0.25) is 5.02 Å². The van der Waals surface area contributed by atoms with Crippen molar-refractivity contribution in [2.75, 3.05) is 14.2 Å². The van der Waals surface area contributed by atoms with Gasteiger partial charge < -0.3 is 14.6 Å². The topological polar surface area (TPSA) is 38.7 Å². The van der Waals surface area contributed by atoms with Crippen molar-refractivity contribution in [1.82, 2.24) is 0 Å². The average molecular weight is 293 g/mol. The van der Waals surface area contributed by atoms with E-state index in [-0.39, 0.29) is 0 Å². The summed E-state index contributed by atoms with van der Waals surface area (Å²) in [4.78, 5) is 0. The van der Waals surface area contributed by atoms with Gasteiger partial charge in [-0.25, -0.2) is 0 Å². The number of halogens is 1. The molecule has 0 aromatic heterocycles. The third-order valence-corrected chi connectivity index (χ3v) is 3.35. The van der Waals surface area contributed by atoms with Crippen LogP contribution in [0.25, 0.3) is 0 Å². The normalized spacial score (nSPS) is 12.0. The van der Waals surface area contributed by atoms with Crippen molar-refractivity contribution in [2.45, 2.75) is 12.5 Å². The van der Waals surface area contributed by atoms with Crippen LogP contribution in [0.1, 0.15) is 17.2 Å². The van der Waals surface area contributed by atoms with Gasteiger partial charge in [0.15, 0.2) is 0 Å². The molecule has 0 aliphatic carbocycles. The Hall–Kier alpha value is -1.71. The monoisotopic (exact) mass is 292 g/mol. The molecule has 1 unspecified atom stereocenters. The van der Waals surface area contributed by atoms with Gasteiger partial charge in [0.2, 0.25) is 0 Å². The maximum atomic E-state index is 10.4. The molecule has 0 bridgehead atoms. The molecule has 0 fully saturated rings. The van der Waals surface area contributed by atoms with Crippen molar-refractivity contribution in [1.29, 1.82) is 0 Å². The van der Waals surface area contributed by atoms with Crippen LogP contribution in [0.4, 0.5) is 0 Å². The van der Waals surface area contributed by atoms with Crippen LogP contribution in [-0.2, 0) is 6.42 Å². The molecule has 0 heterocycles. The van der Waals surface area contributed by atoms with Crippen LogP contribution in [0.3, 0.4) is 0 Å². The van der Waals surface area contributed by atoms with E-state index in [0.717, 1.165) is 16.9 Å². The van der Waals surface area contributed by atoms with Crippen molar-refractivity contribution in [3.8, 4) is 11.5 Å². The van der Waals surface area contributed by atoms with Crippen LogP contribution >= 0.6 is 11.6 Å². The van der Waals surface area contributed by atoms with Gasteiger partial charge in [-0.1, -0.05) is 29.8 Å². The fourth-order valence-electron chi connectivity index (χ4n) is 2.09. The van der Waals surface area contributed by atoms with E-state index in [0.29, 0.717) is 17.2 Å². The summed E-state index contributed by atoms with van der Waals surface area (Å²) in [7, 11) is 3.19. The minimum Gasteiger partial charge on any atom is -0.497 e. The maximum Gasteiger partial charge on any atom is 0.126 e.